The van der Waals surface area contributed by atoms with Crippen LogP contribution in [0.5, 0.6) is 0 Å². The van der Waals surface area contributed by atoms with Crippen molar-refractivity contribution in [3.05, 3.63) is 41.2 Å². The quantitative estimate of drug-likeness (QED) is 0.354. The van der Waals surface area contributed by atoms with E-state index in [9.17, 15) is 4.79 Å². The third kappa shape index (κ3) is 5.73. The molecule has 0 radical (unpaired) electrons. The lowest BCUT2D eigenvalue weighted by molar-refractivity contribution is 0.0904. The summed E-state index contributed by atoms with van der Waals surface area (Å²) < 4.78 is 5.52. The van der Waals surface area contributed by atoms with Crippen LogP contribution in [0.2, 0.25) is 0 Å². The highest BCUT2D eigenvalue weighted by molar-refractivity contribution is 5.97. The van der Waals surface area contributed by atoms with E-state index in [4.69, 9.17) is 15.5 Å². The molecule has 11 heteroatoms. The van der Waals surface area contributed by atoms with Gasteiger partial charge in [0.2, 0.25) is 0 Å². The van der Waals surface area contributed by atoms with Gasteiger partial charge in [-0.2, -0.15) is 5.10 Å². The maximum Gasteiger partial charge on any atom is 0.271 e. The Hall–Kier alpha value is -3.70. The molecule has 0 spiro atoms. The third-order valence-corrected chi connectivity index (χ3v) is 7.21. The molecule has 1 aromatic carbocycles. The van der Waals surface area contributed by atoms with E-state index in [2.05, 4.69) is 61.7 Å². The summed E-state index contributed by atoms with van der Waals surface area (Å²) in [4.78, 5) is 26.8. The van der Waals surface area contributed by atoms with E-state index in [0.717, 1.165) is 56.8 Å². The van der Waals surface area contributed by atoms with Gasteiger partial charge in [-0.05, 0) is 63.1 Å². The number of aryl methyl sites for hydroxylation is 2. The zero-order valence-electron chi connectivity index (χ0n) is 22.4. The fourth-order valence-electron chi connectivity index (χ4n) is 4.99. The summed E-state index contributed by atoms with van der Waals surface area (Å²) in [6.45, 7) is 9.54. The third-order valence-electron chi connectivity index (χ3n) is 7.21. The number of aromatic nitrogens is 4. The molecule has 5 rings (SSSR count). The highest BCUT2D eigenvalue weighted by Gasteiger charge is 2.24. The molecule has 2 saturated heterocycles. The molecule has 38 heavy (non-hydrogen) atoms. The predicted octanol–water partition coefficient (Wildman–Crippen LogP) is 2.92. The minimum absolute atomic E-state index is 0.0689. The molecule has 0 atom stereocenters. The first kappa shape index (κ1) is 25.9. The Morgan fingerprint density at radius 1 is 1.13 bits per heavy atom. The molecule has 202 valence electrons. The number of nitrogens with one attached hydrogen (secondary N) is 3. The topological polar surface area (TPSA) is 137 Å². The van der Waals surface area contributed by atoms with Crippen molar-refractivity contribution in [2.24, 2.45) is 5.73 Å². The number of ether oxygens (including phenoxy) is 1. The number of H-pyrrole nitrogens is 1. The zero-order valence-corrected chi connectivity index (χ0v) is 22.4. The number of amides is 1. The highest BCUT2D eigenvalue weighted by Crippen LogP contribution is 2.32. The van der Waals surface area contributed by atoms with Crippen molar-refractivity contribution in [3.63, 3.8) is 0 Å². The lowest BCUT2D eigenvalue weighted by Crippen LogP contribution is -2.44. The molecule has 2 aliphatic heterocycles. The molecule has 0 aliphatic carbocycles. The monoisotopic (exact) mass is 519 g/mol. The van der Waals surface area contributed by atoms with E-state index < -0.39 is 5.91 Å². The molecule has 11 nitrogen and oxygen atoms in total. The summed E-state index contributed by atoms with van der Waals surface area (Å²) in [5.41, 5.74) is 11.1. The van der Waals surface area contributed by atoms with Gasteiger partial charge in [-0.15, -0.1) is 0 Å². The molecular formula is C27H37N9O2. The maximum atomic E-state index is 12.5. The number of carbonyl (C=O) groups excluding carboxylic acids is 1. The first-order valence-corrected chi connectivity index (χ1v) is 13.3. The Labute approximate surface area is 223 Å². The van der Waals surface area contributed by atoms with Crippen molar-refractivity contribution in [1.29, 1.82) is 0 Å². The molecule has 5 N–H and O–H groups in total. The van der Waals surface area contributed by atoms with Crippen LogP contribution in [0.3, 0.4) is 0 Å². The summed E-state index contributed by atoms with van der Waals surface area (Å²) in [7, 11) is 2.16. The number of benzene rings is 1. The van der Waals surface area contributed by atoms with Gasteiger partial charge >= 0.3 is 0 Å². The van der Waals surface area contributed by atoms with Crippen molar-refractivity contribution in [2.45, 2.75) is 39.2 Å². The van der Waals surface area contributed by atoms with Gasteiger partial charge in [0.05, 0.1) is 0 Å². The number of primary amides is 1. The molecule has 1 amide bonds. The summed E-state index contributed by atoms with van der Waals surface area (Å²) in [5.74, 6) is 0.217. The first-order chi connectivity index (χ1) is 18.4. The van der Waals surface area contributed by atoms with Crippen molar-refractivity contribution in [2.75, 3.05) is 62.0 Å². The van der Waals surface area contributed by atoms with Crippen molar-refractivity contribution in [1.82, 2.24) is 25.1 Å². The number of carbonyl (C=O) groups is 1. The normalized spacial score (nSPS) is 17.0. The molecule has 4 heterocycles. The van der Waals surface area contributed by atoms with Crippen LogP contribution in [0.1, 0.15) is 41.5 Å². The molecule has 2 aromatic heterocycles. The standard InChI is InChI=1S/C27H37N9O2/c1-4-18-16-20(5-6-22(18)36-11-9-35(3)10-12-36)30-27-24(25(28)37)31-23(21-15-17(2)33-34-21)26(32-27)29-19-7-13-38-14-8-19/h5-6,15-16,19H,4,7-14H2,1-3H3,(H2,28,37)(H,33,34)(H2,29,30,32). The van der Waals surface area contributed by atoms with Crippen LogP contribution >= 0.6 is 0 Å². The second kappa shape index (κ2) is 11.4. The smallest absolute Gasteiger partial charge is 0.271 e. The Morgan fingerprint density at radius 3 is 2.55 bits per heavy atom. The average molecular weight is 520 g/mol. The minimum Gasteiger partial charge on any atom is -0.381 e. The fraction of sp³-hybridized carbons (Fsp3) is 0.481. The van der Waals surface area contributed by atoms with Gasteiger partial charge in [0.1, 0.15) is 11.4 Å². The second-order valence-corrected chi connectivity index (χ2v) is 10.1. The van der Waals surface area contributed by atoms with E-state index in [0.29, 0.717) is 36.2 Å². The highest BCUT2D eigenvalue weighted by atomic mass is 16.5. The number of hydrogen-bond acceptors (Lipinski definition) is 9. The molecule has 0 saturated carbocycles. The largest absolute Gasteiger partial charge is 0.381 e. The van der Waals surface area contributed by atoms with Gasteiger partial charge in [-0.25, -0.2) is 9.97 Å². The zero-order chi connectivity index (χ0) is 26.6. The molecular weight excluding hydrogens is 482 g/mol. The Morgan fingerprint density at radius 2 is 1.89 bits per heavy atom. The van der Waals surface area contributed by atoms with Crippen LogP contribution in [0.15, 0.2) is 24.3 Å². The number of nitrogens with zero attached hydrogens (tertiary/aromatic N) is 5. The summed E-state index contributed by atoms with van der Waals surface area (Å²) in [6, 6.07) is 8.35. The molecule has 3 aromatic rings. The molecule has 0 bridgehead atoms. The lowest BCUT2D eigenvalue weighted by atomic mass is 10.1. The van der Waals surface area contributed by atoms with Crippen molar-refractivity contribution >= 4 is 28.9 Å². The number of hydrogen-bond donors (Lipinski definition) is 4. The Bertz CT molecular complexity index is 1280. The van der Waals surface area contributed by atoms with Crippen LogP contribution in [0.4, 0.5) is 23.0 Å². The molecule has 0 unspecified atom stereocenters. The minimum atomic E-state index is -0.657. The van der Waals surface area contributed by atoms with Gasteiger partial charge < -0.3 is 30.9 Å². The van der Waals surface area contributed by atoms with Crippen LogP contribution in [-0.4, -0.2) is 83.5 Å². The van der Waals surface area contributed by atoms with Gasteiger partial charge in [0, 0.05) is 62.5 Å². The van der Waals surface area contributed by atoms with E-state index in [1.807, 2.05) is 19.1 Å². The maximum absolute atomic E-state index is 12.5. The lowest BCUT2D eigenvalue weighted by Gasteiger charge is -2.35. The number of anilines is 4. The van der Waals surface area contributed by atoms with Gasteiger partial charge in [-0.1, -0.05) is 6.92 Å². The van der Waals surface area contributed by atoms with Crippen LogP contribution in [0.25, 0.3) is 11.4 Å². The van der Waals surface area contributed by atoms with Gasteiger partial charge in [-0.3, -0.25) is 9.89 Å². The summed E-state index contributed by atoms with van der Waals surface area (Å²) >= 11 is 0. The van der Waals surface area contributed by atoms with Crippen LogP contribution in [-0.2, 0) is 11.2 Å². The number of nitrogens with two attached hydrogens (primary N) is 1. The Balaban J connectivity index is 1.49. The number of piperazine rings is 1. The van der Waals surface area contributed by atoms with E-state index >= 15 is 0 Å². The SMILES string of the molecule is CCc1cc(Nc2nc(NC3CCOCC3)c(-c3cc(C)[nH]n3)nc2C(N)=O)ccc1N1CCN(C)CC1. The summed E-state index contributed by atoms with van der Waals surface area (Å²) in [6.07, 6.45) is 2.60. The van der Waals surface area contributed by atoms with E-state index in [1.165, 1.54) is 11.3 Å². The van der Waals surface area contributed by atoms with E-state index in [-0.39, 0.29) is 11.7 Å². The van der Waals surface area contributed by atoms with Crippen LogP contribution < -0.4 is 21.3 Å². The Kier molecular flexibility index (Phi) is 7.75. The number of aromatic amines is 1. The van der Waals surface area contributed by atoms with Crippen molar-refractivity contribution < 1.29 is 9.53 Å². The van der Waals surface area contributed by atoms with Crippen LogP contribution in [0, 0.1) is 6.92 Å². The number of likely N-dealkylation sites (N-methyl/N-ethyl adjacent to an activating group) is 1. The predicted molar refractivity (Wildman–Crippen MR) is 149 cm³/mol. The fourth-order valence-corrected chi connectivity index (χ4v) is 4.99. The molecule has 2 aliphatic rings. The summed E-state index contributed by atoms with van der Waals surface area (Å²) in [5, 5.41) is 14.2. The van der Waals surface area contributed by atoms with E-state index in [1.54, 1.807) is 0 Å². The average Bonchev–Trinajstić information content (AvgIpc) is 3.35. The van der Waals surface area contributed by atoms with Gasteiger partial charge in [0.15, 0.2) is 17.3 Å². The second-order valence-electron chi connectivity index (χ2n) is 10.1. The first-order valence-electron chi connectivity index (χ1n) is 13.3. The van der Waals surface area contributed by atoms with Gasteiger partial charge in [0.25, 0.3) is 5.91 Å². The number of rotatable bonds is 8. The van der Waals surface area contributed by atoms with Crippen molar-refractivity contribution in [3.8, 4) is 11.4 Å². The molecule has 2 fully saturated rings.